The molecule has 0 saturated carbocycles. The Morgan fingerprint density at radius 3 is 2.48 bits per heavy atom. The Bertz CT molecular complexity index is 759. The molecule has 0 bridgehead atoms. The summed E-state index contributed by atoms with van der Waals surface area (Å²) in [6.07, 6.45) is -4.47. The van der Waals surface area contributed by atoms with E-state index in [0.717, 1.165) is 18.2 Å². The molecule has 0 aliphatic rings. The van der Waals surface area contributed by atoms with Crippen molar-refractivity contribution in [3.63, 3.8) is 0 Å². The fourth-order valence-corrected chi connectivity index (χ4v) is 2.23. The summed E-state index contributed by atoms with van der Waals surface area (Å²) in [7, 11) is 0. The van der Waals surface area contributed by atoms with Crippen LogP contribution in [-0.4, -0.2) is 6.61 Å². The summed E-state index contributed by atoms with van der Waals surface area (Å²) in [5, 5.41) is 8.36. The quantitative estimate of drug-likeness (QED) is 0.643. The van der Waals surface area contributed by atoms with Gasteiger partial charge in [-0.15, -0.1) is 0 Å². The molecule has 0 heterocycles. The van der Waals surface area contributed by atoms with E-state index in [0.29, 0.717) is 16.0 Å². The monoisotopic (exact) mass is 405 g/mol. The number of nitriles is 1. The number of ether oxygens (including phenoxy) is 2. The molecule has 0 aliphatic carbocycles. The Balaban J connectivity index is 2.24. The molecular weight excluding hydrogens is 399 g/mol. The van der Waals surface area contributed by atoms with Gasteiger partial charge in [0, 0.05) is 6.07 Å². The molecule has 0 radical (unpaired) electrons. The van der Waals surface area contributed by atoms with Crippen molar-refractivity contribution < 1.29 is 22.6 Å². The zero-order valence-corrected chi connectivity index (χ0v) is 13.7. The summed E-state index contributed by atoms with van der Waals surface area (Å²) in [6.45, 7) is -0.150. The molecule has 3 nitrogen and oxygen atoms in total. The first-order valence-electron chi connectivity index (χ1n) is 6.15. The van der Waals surface area contributed by atoms with Gasteiger partial charge in [-0.2, -0.15) is 18.4 Å². The van der Waals surface area contributed by atoms with Gasteiger partial charge in [0.15, 0.2) is 6.61 Å². The van der Waals surface area contributed by atoms with Crippen LogP contribution >= 0.6 is 27.5 Å². The number of benzene rings is 2. The molecule has 2 aromatic rings. The predicted molar refractivity (Wildman–Crippen MR) is 81.8 cm³/mol. The van der Waals surface area contributed by atoms with E-state index in [1.54, 1.807) is 12.1 Å². The van der Waals surface area contributed by atoms with Crippen molar-refractivity contribution in [3.8, 4) is 23.3 Å². The topological polar surface area (TPSA) is 42.2 Å². The summed E-state index contributed by atoms with van der Waals surface area (Å²) in [5.74, 6) is 0.753. The number of alkyl halides is 3. The van der Waals surface area contributed by atoms with E-state index in [4.69, 9.17) is 26.3 Å². The average molecular weight is 407 g/mol. The second kappa shape index (κ2) is 7.11. The smallest absolute Gasteiger partial charge is 0.416 e. The van der Waals surface area contributed by atoms with Gasteiger partial charge in [-0.1, -0.05) is 11.6 Å². The molecular formula is C15H8BrClF3NO2. The van der Waals surface area contributed by atoms with Crippen LogP contribution in [0.15, 0.2) is 40.9 Å². The summed E-state index contributed by atoms with van der Waals surface area (Å²) < 4.78 is 49.1. The summed E-state index contributed by atoms with van der Waals surface area (Å²) in [5.41, 5.74) is -0.858. The van der Waals surface area contributed by atoms with Crippen LogP contribution in [0.1, 0.15) is 5.56 Å². The lowest BCUT2D eigenvalue weighted by Gasteiger charge is -2.12. The van der Waals surface area contributed by atoms with Crippen LogP contribution in [0.3, 0.4) is 0 Å². The lowest BCUT2D eigenvalue weighted by molar-refractivity contribution is -0.137. The second-order valence-corrected chi connectivity index (χ2v) is 5.55. The third-order valence-electron chi connectivity index (χ3n) is 2.68. The average Bonchev–Trinajstić information content (AvgIpc) is 2.48. The van der Waals surface area contributed by atoms with E-state index in [2.05, 4.69) is 15.9 Å². The Hall–Kier alpha value is -1.91. The maximum absolute atomic E-state index is 12.6. The highest BCUT2D eigenvalue weighted by molar-refractivity contribution is 9.10. The normalized spacial score (nSPS) is 11.0. The predicted octanol–water partition coefficient (Wildman–Crippen LogP) is 5.82. The molecule has 8 heteroatoms. The van der Waals surface area contributed by atoms with Gasteiger partial charge in [0.1, 0.15) is 23.3 Å². The van der Waals surface area contributed by atoms with Gasteiger partial charge in [0.05, 0.1) is 15.1 Å². The van der Waals surface area contributed by atoms with Crippen LogP contribution in [0.2, 0.25) is 5.02 Å². The van der Waals surface area contributed by atoms with E-state index >= 15 is 0 Å². The van der Waals surface area contributed by atoms with Crippen LogP contribution in [0.5, 0.6) is 17.2 Å². The molecule has 23 heavy (non-hydrogen) atoms. The van der Waals surface area contributed by atoms with Crippen LogP contribution < -0.4 is 9.47 Å². The second-order valence-electron chi connectivity index (χ2n) is 4.28. The van der Waals surface area contributed by atoms with Gasteiger partial charge in [-0.25, -0.2) is 0 Å². The minimum atomic E-state index is -4.47. The highest BCUT2D eigenvalue weighted by Gasteiger charge is 2.31. The van der Waals surface area contributed by atoms with Gasteiger partial charge in [-0.3, -0.25) is 0 Å². The Kier molecular flexibility index (Phi) is 5.39. The molecule has 120 valence electrons. The lowest BCUT2D eigenvalue weighted by atomic mass is 10.2. The molecule has 2 aromatic carbocycles. The summed E-state index contributed by atoms with van der Waals surface area (Å²) in [6, 6.07) is 9.35. The zero-order chi connectivity index (χ0) is 17.0. The summed E-state index contributed by atoms with van der Waals surface area (Å²) >= 11 is 9.08. The third-order valence-corrected chi connectivity index (χ3v) is 3.63. The first-order chi connectivity index (χ1) is 10.8. The minimum Gasteiger partial charge on any atom is -0.477 e. The van der Waals surface area contributed by atoms with E-state index in [1.165, 1.54) is 6.07 Å². The molecule has 0 atom stereocenters. The zero-order valence-electron chi connectivity index (χ0n) is 11.3. The maximum Gasteiger partial charge on any atom is 0.416 e. The molecule has 0 amide bonds. The molecule has 2 rings (SSSR count). The number of halogens is 5. The number of nitrogens with zero attached hydrogens (tertiary/aromatic N) is 1. The highest BCUT2D eigenvalue weighted by atomic mass is 79.9. The van der Waals surface area contributed by atoms with Crippen molar-refractivity contribution in [1.29, 1.82) is 5.26 Å². The molecule has 0 saturated heterocycles. The molecule has 0 unspecified atom stereocenters. The molecule has 0 N–H and O–H groups in total. The Labute approximate surface area is 143 Å². The molecule has 0 aliphatic heterocycles. The van der Waals surface area contributed by atoms with Gasteiger partial charge in [0.2, 0.25) is 0 Å². The van der Waals surface area contributed by atoms with Crippen molar-refractivity contribution in [2.45, 2.75) is 6.18 Å². The van der Waals surface area contributed by atoms with Crippen molar-refractivity contribution in [2.75, 3.05) is 6.61 Å². The maximum atomic E-state index is 12.6. The lowest BCUT2D eigenvalue weighted by Crippen LogP contribution is -2.04. The SMILES string of the molecule is N#CCOc1cc(Oc2ccc(C(F)(F)F)cc2Cl)ccc1Br. The van der Waals surface area contributed by atoms with Crippen LogP contribution in [-0.2, 0) is 6.18 Å². The van der Waals surface area contributed by atoms with Crippen LogP contribution in [0, 0.1) is 11.3 Å². The van der Waals surface area contributed by atoms with Crippen LogP contribution in [0.4, 0.5) is 13.2 Å². The van der Waals surface area contributed by atoms with E-state index in [9.17, 15) is 13.2 Å². The Morgan fingerprint density at radius 2 is 1.87 bits per heavy atom. The standard InChI is InChI=1S/C15H8BrClF3NO2/c16-11-3-2-10(8-14(11)22-6-5-21)23-13-4-1-9(7-12(13)17)15(18,19)20/h1-4,7-8H,6H2. The van der Waals surface area contributed by atoms with Crippen molar-refractivity contribution in [2.24, 2.45) is 0 Å². The van der Waals surface area contributed by atoms with Crippen molar-refractivity contribution in [3.05, 3.63) is 51.5 Å². The number of rotatable bonds is 4. The highest BCUT2D eigenvalue weighted by Crippen LogP contribution is 2.37. The number of hydrogen-bond donors (Lipinski definition) is 0. The van der Waals surface area contributed by atoms with E-state index in [-0.39, 0.29) is 17.4 Å². The fraction of sp³-hybridized carbons (Fsp3) is 0.133. The van der Waals surface area contributed by atoms with Crippen LogP contribution in [0.25, 0.3) is 0 Å². The largest absolute Gasteiger partial charge is 0.477 e. The molecule has 0 aromatic heterocycles. The van der Waals surface area contributed by atoms with Gasteiger partial charge in [-0.05, 0) is 46.3 Å². The van der Waals surface area contributed by atoms with Gasteiger partial charge >= 0.3 is 6.18 Å². The number of hydrogen-bond acceptors (Lipinski definition) is 3. The van der Waals surface area contributed by atoms with Crippen molar-refractivity contribution in [1.82, 2.24) is 0 Å². The fourth-order valence-electron chi connectivity index (χ4n) is 1.65. The Morgan fingerprint density at radius 1 is 1.13 bits per heavy atom. The molecule has 0 fully saturated rings. The van der Waals surface area contributed by atoms with Gasteiger partial charge < -0.3 is 9.47 Å². The van der Waals surface area contributed by atoms with E-state index in [1.807, 2.05) is 6.07 Å². The minimum absolute atomic E-state index is 0.0771. The van der Waals surface area contributed by atoms with E-state index < -0.39 is 11.7 Å². The third kappa shape index (κ3) is 4.53. The molecule has 0 spiro atoms. The van der Waals surface area contributed by atoms with Gasteiger partial charge in [0.25, 0.3) is 0 Å². The summed E-state index contributed by atoms with van der Waals surface area (Å²) in [4.78, 5) is 0. The first-order valence-corrected chi connectivity index (χ1v) is 7.32. The van der Waals surface area contributed by atoms with Crippen molar-refractivity contribution >= 4 is 27.5 Å². The first kappa shape index (κ1) is 17.4.